The van der Waals surface area contributed by atoms with E-state index in [-0.39, 0.29) is 12.2 Å². The lowest BCUT2D eigenvalue weighted by molar-refractivity contribution is 0.252. The minimum absolute atomic E-state index is 0.220. The minimum atomic E-state index is 0.220. The van der Waals surface area contributed by atoms with Gasteiger partial charge in [-0.2, -0.15) is 10.1 Å². The van der Waals surface area contributed by atoms with Gasteiger partial charge < -0.3 is 18.3 Å². The van der Waals surface area contributed by atoms with Gasteiger partial charge in [0.1, 0.15) is 11.5 Å². The largest absolute Gasteiger partial charge is 0.464 e. The van der Waals surface area contributed by atoms with Gasteiger partial charge in [-0.15, -0.1) is 10.9 Å². The van der Waals surface area contributed by atoms with Gasteiger partial charge in [0.15, 0.2) is 5.11 Å². The van der Waals surface area contributed by atoms with Crippen LogP contribution in [0.25, 0.3) is 0 Å². The van der Waals surface area contributed by atoms with Gasteiger partial charge in [-0.1, -0.05) is 0 Å². The highest BCUT2D eigenvalue weighted by atomic mass is 32.1. The van der Waals surface area contributed by atoms with Crippen molar-refractivity contribution in [3.8, 4) is 0 Å². The molecule has 0 saturated carbocycles. The van der Waals surface area contributed by atoms with Crippen molar-refractivity contribution in [3.05, 3.63) is 48.3 Å². The number of nitrogens with one attached hydrogen (secondary N) is 2. The van der Waals surface area contributed by atoms with Crippen LogP contribution in [0.2, 0.25) is 0 Å². The molecule has 0 radical (unpaired) electrons. The highest BCUT2D eigenvalue weighted by Crippen LogP contribution is 2.12. The molecule has 0 amide bonds. The first-order chi connectivity index (χ1) is 12.9. The summed E-state index contributed by atoms with van der Waals surface area (Å²) in [5, 5.41) is 9.00. The SMILES string of the molecule is C(=NNC(=S=Cc1ccco1)N(CC1CO1)NCC1CO1)c1ccco1. The topological polar surface area (TPSA) is 91.0 Å². The number of hydrazine groups is 1. The van der Waals surface area contributed by atoms with Gasteiger partial charge in [0.25, 0.3) is 0 Å². The second kappa shape index (κ2) is 8.47. The van der Waals surface area contributed by atoms with Crippen LogP contribution < -0.4 is 10.9 Å². The van der Waals surface area contributed by atoms with Crippen LogP contribution in [0.3, 0.4) is 0 Å². The van der Waals surface area contributed by atoms with Gasteiger partial charge in [-0.25, -0.2) is 5.43 Å². The Hall–Kier alpha value is -2.17. The molecular formula is C17H20N4O4S. The lowest BCUT2D eigenvalue weighted by Crippen LogP contribution is -2.50. The second-order valence-corrected chi connectivity index (χ2v) is 6.68. The fourth-order valence-electron chi connectivity index (χ4n) is 2.13. The van der Waals surface area contributed by atoms with Crippen molar-refractivity contribution in [2.45, 2.75) is 12.2 Å². The van der Waals surface area contributed by atoms with Crippen molar-refractivity contribution >= 4 is 27.6 Å². The lowest BCUT2D eigenvalue weighted by Gasteiger charge is -2.22. The molecule has 2 fully saturated rings. The molecule has 8 nitrogen and oxygen atoms in total. The molecule has 2 N–H and O–H groups in total. The van der Waals surface area contributed by atoms with Gasteiger partial charge >= 0.3 is 0 Å². The molecule has 0 aromatic carbocycles. The lowest BCUT2D eigenvalue weighted by atomic mass is 10.4. The maximum absolute atomic E-state index is 5.38. The predicted octanol–water partition coefficient (Wildman–Crippen LogP) is 1.07. The highest BCUT2D eigenvalue weighted by molar-refractivity contribution is 7.97. The van der Waals surface area contributed by atoms with E-state index in [1.54, 1.807) is 18.7 Å². The number of ether oxygens (including phenoxy) is 2. The molecule has 2 aromatic rings. The Kier molecular flexibility index (Phi) is 5.62. The Morgan fingerprint density at radius 1 is 1.15 bits per heavy atom. The Morgan fingerprint density at radius 3 is 2.54 bits per heavy atom. The fraction of sp³-hybridized carbons (Fsp3) is 0.353. The predicted molar refractivity (Wildman–Crippen MR) is 100 cm³/mol. The van der Waals surface area contributed by atoms with E-state index in [1.807, 2.05) is 34.6 Å². The summed E-state index contributed by atoms with van der Waals surface area (Å²) < 4.78 is 21.3. The molecule has 2 unspecified atom stereocenters. The molecule has 2 aliphatic heterocycles. The molecule has 2 atom stereocenters. The van der Waals surface area contributed by atoms with E-state index in [1.165, 1.54) is 10.9 Å². The van der Waals surface area contributed by atoms with Crippen LogP contribution in [-0.4, -0.2) is 60.2 Å². The zero-order chi connectivity index (χ0) is 17.6. The summed E-state index contributed by atoms with van der Waals surface area (Å²) in [6, 6.07) is 7.41. The molecule has 0 aliphatic carbocycles. The highest BCUT2D eigenvalue weighted by Gasteiger charge is 2.29. The third kappa shape index (κ3) is 5.41. The Labute approximate surface area is 154 Å². The first-order valence-corrected chi connectivity index (χ1v) is 9.22. The number of rotatable bonds is 8. The molecule has 26 heavy (non-hydrogen) atoms. The van der Waals surface area contributed by atoms with Gasteiger partial charge in [-0.3, -0.25) is 5.43 Å². The molecule has 138 valence electrons. The van der Waals surface area contributed by atoms with E-state index < -0.39 is 0 Å². The summed E-state index contributed by atoms with van der Waals surface area (Å²) in [6.07, 6.45) is 5.37. The fourth-order valence-corrected chi connectivity index (χ4v) is 2.87. The van der Waals surface area contributed by atoms with Gasteiger partial charge in [0, 0.05) is 18.5 Å². The maximum Gasteiger partial charge on any atom is 0.172 e. The van der Waals surface area contributed by atoms with Crippen LogP contribution in [-0.2, 0) is 9.47 Å². The normalized spacial score (nSPS) is 21.1. The summed E-state index contributed by atoms with van der Waals surface area (Å²) in [6.45, 7) is 3.02. The summed E-state index contributed by atoms with van der Waals surface area (Å²) >= 11 is 0. The molecular weight excluding hydrogens is 356 g/mol. The summed E-state index contributed by atoms with van der Waals surface area (Å²) in [4.78, 5) is 0. The van der Waals surface area contributed by atoms with Crippen molar-refractivity contribution in [2.75, 3.05) is 26.3 Å². The van der Waals surface area contributed by atoms with Crippen LogP contribution in [0, 0.1) is 0 Å². The van der Waals surface area contributed by atoms with Crippen LogP contribution in [0.1, 0.15) is 11.5 Å². The molecule has 2 aromatic heterocycles. The zero-order valence-electron chi connectivity index (χ0n) is 14.0. The average Bonchev–Trinajstić information content (AvgIpc) is 3.54. The monoisotopic (exact) mass is 376 g/mol. The molecule has 4 rings (SSSR count). The van der Waals surface area contributed by atoms with Crippen LogP contribution in [0.4, 0.5) is 0 Å². The number of epoxide rings is 2. The Morgan fingerprint density at radius 2 is 1.88 bits per heavy atom. The van der Waals surface area contributed by atoms with Crippen LogP contribution in [0.15, 0.2) is 50.7 Å². The molecule has 2 saturated heterocycles. The first kappa shape index (κ1) is 17.3. The Bertz CT molecular complexity index is 776. The third-order valence-electron chi connectivity index (χ3n) is 3.67. The van der Waals surface area contributed by atoms with Gasteiger partial charge in [-0.05, 0) is 24.3 Å². The third-order valence-corrected chi connectivity index (χ3v) is 4.56. The second-order valence-electron chi connectivity index (χ2n) is 5.83. The van der Waals surface area contributed by atoms with Crippen LogP contribution >= 0.6 is 10.9 Å². The van der Waals surface area contributed by atoms with E-state index in [0.717, 1.165) is 30.6 Å². The van der Waals surface area contributed by atoms with E-state index in [0.29, 0.717) is 12.3 Å². The molecule has 2 aliphatic rings. The quantitative estimate of drug-likeness (QED) is 0.308. The maximum atomic E-state index is 5.38. The van der Waals surface area contributed by atoms with E-state index in [9.17, 15) is 0 Å². The summed E-state index contributed by atoms with van der Waals surface area (Å²) in [5.74, 6) is 1.45. The number of nitrogens with zero attached hydrogens (tertiary/aromatic N) is 2. The number of hydrogen-bond acceptors (Lipinski definition) is 6. The van der Waals surface area contributed by atoms with Crippen molar-refractivity contribution in [1.82, 2.24) is 15.9 Å². The van der Waals surface area contributed by atoms with Crippen molar-refractivity contribution in [2.24, 2.45) is 5.10 Å². The molecule has 0 spiro atoms. The molecule has 9 heteroatoms. The standard InChI is InChI=1S/C17H20N4O4S/c1-3-13(22-5-1)7-18-20-17(26-12-14-4-2-6-23-14)21(9-16-11-25-16)19-8-15-10-24-15/h1-7,12,15-16,19-20H,8-11H2. The summed E-state index contributed by atoms with van der Waals surface area (Å²) in [5.41, 5.74) is 6.47. The smallest absolute Gasteiger partial charge is 0.172 e. The average molecular weight is 376 g/mol. The molecule has 0 bridgehead atoms. The van der Waals surface area contributed by atoms with E-state index >= 15 is 0 Å². The number of furan rings is 2. The van der Waals surface area contributed by atoms with Crippen molar-refractivity contribution < 1.29 is 18.3 Å². The van der Waals surface area contributed by atoms with E-state index in [4.69, 9.17) is 18.3 Å². The van der Waals surface area contributed by atoms with Crippen molar-refractivity contribution in [3.63, 3.8) is 0 Å². The number of hydrogen-bond donors (Lipinski definition) is 2. The Balaban J connectivity index is 1.50. The van der Waals surface area contributed by atoms with Gasteiger partial charge in [0.05, 0.1) is 44.2 Å². The minimum Gasteiger partial charge on any atom is -0.464 e. The first-order valence-electron chi connectivity index (χ1n) is 8.34. The molecule has 4 heterocycles. The summed E-state index contributed by atoms with van der Waals surface area (Å²) in [7, 11) is 1.48. The zero-order valence-corrected chi connectivity index (χ0v) is 14.9. The van der Waals surface area contributed by atoms with Gasteiger partial charge in [0.2, 0.25) is 0 Å². The van der Waals surface area contributed by atoms with Crippen LogP contribution in [0.5, 0.6) is 0 Å². The number of hydrazone groups is 1. The van der Waals surface area contributed by atoms with E-state index in [2.05, 4.69) is 16.0 Å². The van der Waals surface area contributed by atoms with Crippen molar-refractivity contribution in [1.29, 1.82) is 0 Å².